The van der Waals surface area contributed by atoms with E-state index in [0.717, 1.165) is 6.07 Å². The second kappa shape index (κ2) is 3.61. The van der Waals surface area contributed by atoms with E-state index in [4.69, 9.17) is 0 Å². The highest BCUT2D eigenvalue weighted by molar-refractivity contribution is 7.80. The molecule has 76 valence electrons. The maximum absolute atomic E-state index is 12.2. The summed E-state index contributed by atoms with van der Waals surface area (Å²) in [4.78, 5) is 9.90. The second-order valence-electron chi connectivity index (χ2n) is 2.50. The third-order valence-electron chi connectivity index (χ3n) is 1.54. The summed E-state index contributed by atoms with van der Waals surface area (Å²) in [6.45, 7) is 0. The molecule has 0 unspecified atom stereocenters. The smallest absolute Gasteiger partial charge is 0.255 e. The standard InChI is InChI=1S/C8H4F4OS/c9-7(13)5-2-1-4(3-6(5)14)8(10,11)12/h1-3,14H. The van der Waals surface area contributed by atoms with E-state index in [1.165, 1.54) is 0 Å². The van der Waals surface area contributed by atoms with Crippen molar-refractivity contribution < 1.29 is 22.4 Å². The molecule has 0 fully saturated rings. The van der Waals surface area contributed by atoms with Gasteiger partial charge in [0.15, 0.2) is 0 Å². The first kappa shape index (κ1) is 11.0. The fourth-order valence-electron chi connectivity index (χ4n) is 0.874. The molecule has 1 rings (SSSR count). The van der Waals surface area contributed by atoms with Crippen LogP contribution in [0.2, 0.25) is 0 Å². The van der Waals surface area contributed by atoms with Crippen LogP contribution in [0.15, 0.2) is 23.1 Å². The van der Waals surface area contributed by atoms with Gasteiger partial charge >= 0.3 is 12.2 Å². The van der Waals surface area contributed by atoms with Crippen LogP contribution in [0.5, 0.6) is 0 Å². The molecule has 0 aliphatic heterocycles. The Bertz CT molecular complexity index is 372. The Kier molecular flexibility index (Phi) is 2.84. The van der Waals surface area contributed by atoms with Gasteiger partial charge in [-0.3, -0.25) is 4.79 Å². The molecule has 0 aliphatic carbocycles. The summed E-state index contributed by atoms with van der Waals surface area (Å²) in [5, 5.41) is 0. The molecule has 0 saturated carbocycles. The number of halogens is 4. The molecule has 0 radical (unpaired) electrons. The number of carbonyl (C=O) groups is 1. The predicted octanol–water partition coefficient (Wildman–Crippen LogP) is 3.10. The Morgan fingerprint density at radius 1 is 1.29 bits per heavy atom. The number of hydrogen-bond acceptors (Lipinski definition) is 2. The van der Waals surface area contributed by atoms with E-state index >= 15 is 0 Å². The highest BCUT2D eigenvalue weighted by Crippen LogP contribution is 2.31. The van der Waals surface area contributed by atoms with E-state index in [-0.39, 0.29) is 4.90 Å². The summed E-state index contributed by atoms with van der Waals surface area (Å²) in [5.41, 5.74) is -1.44. The van der Waals surface area contributed by atoms with Crippen LogP contribution >= 0.6 is 12.6 Å². The highest BCUT2D eigenvalue weighted by Gasteiger charge is 2.31. The van der Waals surface area contributed by atoms with Crippen molar-refractivity contribution in [1.82, 2.24) is 0 Å². The first-order chi connectivity index (χ1) is 6.32. The van der Waals surface area contributed by atoms with Gasteiger partial charge in [-0.15, -0.1) is 12.6 Å². The van der Waals surface area contributed by atoms with E-state index in [0.29, 0.717) is 12.1 Å². The quantitative estimate of drug-likeness (QED) is 0.440. The molecule has 6 heteroatoms. The molecular formula is C8H4F4OS. The summed E-state index contributed by atoms with van der Waals surface area (Å²) in [7, 11) is 0. The van der Waals surface area contributed by atoms with Crippen molar-refractivity contribution in [3.63, 3.8) is 0 Å². The molecule has 1 nitrogen and oxygen atoms in total. The van der Waals surface area contributed by atoms with Gasteiger partial charge in [0.2, 0.25) is 0 Å². The second-order valence-corrected chi connectivity index (χ2v) is 2.99. The third-order valence-corrected chi connectivity index (χ3v) is 1.91. The first-order valence-electron chi connectivity index (χ1n) is 3.42. The van der Waals surface area contributed by atoms with Crippen molar-refractivity contribution in [2.24, 2.45) is 0 Å². The number of thiol groups is 1. The van der Waals surface area contributed by atoms with Crippen LogP contribution in [0.4, 0.5) is 17.6 Å². The van der Waals surface area contributed by atoms with E-state index < -0.39 is 23.3 Å². The van der Waals surface area contributed by atoms with Gasteiger partial charge in [-0.1, -0.05) is 0 Å². The van der Waals surface area contributed by atoms with Gasteiger partial charge < -0.3 is 0 Å². The van der Waals surface area contributed by atoms with Gasteiger partial charge in [-0.25, -0.2) is 0 Å². The minimum Gasteiger partial charge on any atom is -0.255 e. The molecule has 0 spiro atoms. The van der Waals surface area contributed by atoms with Crippen LogP contribution in [-0.4, -0.2) is 6.04 Å². The molecule has 0 saturated heterocycles. The Balaban J connectivity index is 3.20. The van der Waals surface area contributed by atoms with Gasteiger partial charge in [0.1, 0.15) is 0 Å². The number of carbonyl (C=O) groups excluding carboxylic acids is 1. The van der Waals surface area contributed by atoms with Crippen LogP contribution in [0, 0.1) is 0 Å². The summed E-state index contributed by atoms with van der Waals surface area (Å²) in [6, 6.07) is 0.194. The molecule has 0 bridgehead atoms. The Morgan fingerprint density at radius 3 is 2.21 bits per heavy atom. The van der Waals surface area contributed by atoms with Gasteiger partial charge in [0, 0.05) is 4.90 Å². The minimum atomic E-state index is -4.52. The molecule has 1 aromatic rings. The van der Waals surface area contributed by atoms with E-state index in [9.17, 15) is 22.4 Å². The third kappa shape index (κ3) is 2.25. The number of hydrogen-bond donors (Lipinski definition) is 1. The van der Waals surface area contributed by atoms with Gasteiger partial charge in [-0.2, -0.15) is 17.6 Å². The lowest BCUT2D eigenvalue weighted by atomic mass is 10.1. The van der Waals surface area contributed by atoms with Gasteiger partial charge in [0.05, 0.1) is 11.1 Å². The van der Waals surface area contributed by atoms with Crippen LogP contribution in [0.3, 0.4) is 0 Å². The lowest BCUT2D eigenvalue weighted by Crippen LogP contribution is -2.05. The van der Waals surface area contributed by atoms with Crippen molar-refractivity contribution in [3.05, 3.63) is 29.3 Å². The summed E-state index contributed by atoms with van der Waals surface area (Å²) >= 11 is 3.58. The topological polar surface area (TPSA) is 17.1 Å². The maximum Gasteiger partial charge on any atom is 0.416 e. The first-order valence-corrected chi connectivity index (χ1v) is 3.87. The van der Waals surface area contributed by atoms with Crippen molar-refractivity contribution >= 4 is 18.7 Å². The molecule has 0 amide bonds. The minimum absolute atomic E-state index is 0.327. The molecule has 14 heavy (non-hydrogen) atoms. The van der Waals surface area contributed by atoms with Crippen LogP contribution in [0.25, 0.3) is 0 Å². The van der Waals surface area contributed by atoms with Gasteiger partial charge in [0.25, 0.3) is 0 Å². The van der Waals surface area contributed by atoms with Crippen molar-refractivity contribution in [1.29, 1.82) is 0 Å². The maximum atomic E-state index is 12.2. The molecule has 0 aromatic heterocycles. The largest absolute Gasteiger partial charge is 0.416 e. The molecule has 0 N–H and O–H groups in total. The number of benzene rings is 1. The average molecular weight is 224 g/mol. The molecular weight excluding hydrogens is 220 g/mol. The molecule has 0 aliphatic rings. The summed E-state index contributed by atoms with van der Waals surface area (Å²) < 4.78 is 48.4. The number of alkyl halides is 3. The lowest BCUT2D eigenvalue weighted by Gasteiger charge is -2.07. The van der Waals surface area contributed by atoms with E-state index in [2.05, 4.69) is 12.6 Å². The zero-order chi connectivity index (χ0) is 10.9. The van der Waals surface area contributed by atoms with Crippen molar-refractivity contribution in [3.8, 4) is 0 Å². The summed E-state index contributed by atoms with van der Waals surface area (Å²) in [6.07, 6.45) is -4.52. The monoisotopic (exact) mass is 224 g/mol. The predicted molar refractivity (Wildman–Crippen MR) is 44.1 cm³/mol. The average Bonchev–Trinajstić information content (AvgIpc) is 2.01. The van der Waals surface area contributed by atoms with Crippen LogP contribution in [-0.2, 0) is 6.18 Å². The Morgan fingerprint density at radius 2 is 1.86 bits per heavy atom. The van der Waals surface area contributed by atoms with Crippen LogP contribution in [0.1, 0.15) is 15.9 Å². The molecule has 0 atom stereocenters. The molecule has 0 heterocycles. The highest BCUT2D eigenvalue weighted by atomic mass is 32.1. The lowest BCUT2D eigenvalue weighted by molar-refractivity contribution is -0.137. The fourth-order valence-corrected chi connectivity index (χ4v) is 1.18. The normalized spacial score (nSPS) is 11.5. The zero-order valence-corrected chi connectivity index (χ0v) is 7.49. The van der Waals surface area contributed by atoms with Crippen molar-refractivity contribution in [2.45, 2.75) is 11.1 Å². The van der Waals surface area contributed by atoms with Gasteiger partial charge in [-0.05, 0) is 18.2 Å². The van der Waals surface area contributed by atoms with Crippen LogP contribution < -0.4 is 0 Å². The SMILES string of the molecule is O=C(F)c1ccc(C(F)(F)F)cc1S. The summed E-state index contributed by atoms with van der Waals surface area (Å²) in [5.74, 6) is 0. The van der Waals surface area contributed by atoms with E-state index in [1.54, 1.807) is 0 Å². The Labute approximate surface area is 82.1 Å². The number of rotatable bonds is 1. The molecule has 1 aromatic carbocycles. The Hall–Kier alpha value is -1.04. The zero-order valence-electron chi connectivity index (χ0n) is 6.60. The van der Waals surface area contributed by atoms with E-state index in [1.807, 2.05) is 0 Å². The fraction of sp³-hybridized carbons (Fsp3) is 0.125. The van der Waals surface area contributed by atoms with Crippen molar-refractivity contribution in [2.75, 3.05) is 0 Å².